The number of hydrogen-bond acceptors (Lipinski definition) is 6. The Morgan fingerprint density at radius 3 is 2.95 bits per heavy atom. The van der Waals surface area contributed by atoms with E-state index >= 15 is 0 Å². The van der Waals surface area contributed by atoms with E-state index in [1.807, 2.05) is 0 Å². The molecule has 20 heavy (non-hydrogen) atoms. The van der Waals surface area contributed by atoms with Crippen molar-refractivity contribution in [3.63, 3.8) is 0 Å². The summed E-state index contributed by atoms with van der Waals surface area (Å²) in [5.74, 6) is -0.00134. The van der Waals surface area contributed by atoms with E-state index < -0.39 is 11.0 Å². The van der Waals surface area contributed by atoms with Crippen LogP contribution in [0.25, 0.3) is 0 Å². The highest BCUT2D eigenvalue weighted by molar-refractivity contribution is 5.97. The number of hydrogen-bond donors (Lipinski definition) is 2. The molecular weight excluding hydrogens is 266 g/mol. The number of β-amino-alcohol motifs (C(OH)–C–C–N with tert-alkyl or cyclic N) is 1. The predicted octanol–water partition coefficient (Wildman–Crippen LogP) is 0.497. The highest BCUT2D eigenvalue weighted by Crippen LogP contribution is 2.40. The van der Waals surface area contributed by atoms with Gasteiger partial charge in [0.25, 0.3) is 11.6 Å². The summed E-state index contributed by atoms with van der Waals surface area (Å²) in [5.41, 5.74) is 0.716. The van der Waals surface area contributed by atoms with Gasteiger partial charge in [-0.15, -0.1) is 0 Å². The smallest absolute Gasteiger partial charge is 0.296 e. The molecule has 8 nitrogen and oxygen atoms in total. The van der Waals surface area contributed by atoms with Gasteiger partial charge < -0.3 is 20.1 Å². The summed E-state index contributed by atoms with van der Waals surface area (Å²) in [6.45, 7) is 0.732. The van der Waals surface area contributed by atoms with Crippen LogP contribution in [0.5, 0.6) is 5.75 Å². The topological polar surface area (TPSA) is 105 Å². The average molecular weight is 279 g/mol. The zero-order chi connectivity index (χ0) is 14.3. The van der Waals surface area contributed by atoms with Gasteiger partial charge >= 0.3 is 0 Å². The molecule has 2 N–H and O–H groups in total. The van der Waals surface area contributed by atoms with Gasteiger partial charge in [0.1, 0.15) is 5.69 Å². The molecule has 1 aromatic carbocycles. The van der Waals surface area contributed by atoms with E-state index in [9.17, 15) is 20.0 Å². The quantitative estimate of drug-likeness (QED) is 0.603. The number of nitro groups is 1. The van der Waals surface area contributed by atoms with Crippen LogP contribution in [-0.4, -0.2) is 41.7 Å². The lowest BCUT2D eigenvalue weighted by atomic mass is 10.2. The second-order valence-corrected chi connectivity index (χ2v) is 4.82. The Bertz CT molecular complexity index is 589. The van der Waals surface area contributed by atoms with Gasteiger partial charge in [-0.2, -0.15) is 0 Å². The minimum absolute atomic E-state index is 0.0889. The van der Waals surface area contributed by atoms with Crippen molar-refractivity contribution in [2.45, 2.75) is 12.5 Å². The van der Waals surface area contributed by atoms with Crippen molar-refractivity contribution < 1.29 is 19.6 Å². The van der Waals surface area contributed by atoms with E-state index in [-0.39, 0.29) is 18.2 Å². The van der Waals surface area contributed by atoms with Crippen LogP contribution in [0.15, 0.2) is 12.1 Å². The van der Waals surface area contributed by atoms with Crippen LogP contribution >= 0.6 is 0 Å². The first-order valence-electron chi connectivity index (χ1n) is 6.22. The lowest BCUT2D eigenvalue weighted by Gasteiger charge is -2.22. The number of rotatable bonds is 2. The number of fused-ring (bicyclic) bond motifs is 1. The van der Waals surface area contributed by atoms with E-state index in [1.165, 1.54) is 12.1 Å². The third-order valence-electron chi connectivity index (χ3n) is 3.41. The molecule has 2 heterocycles. The summed E-state index contributed by atoms with van der Waals surface area (Å²) in [7, 11) is 0. The van der Waals surface area contributed by atoms with Gasteiger partial charge in [-0.3, -0.25) is 14.9 Å². The minimum atomic E-state index is -0.489. The average Bonchev–Trinajstić information content (AvgIpc) is 2.83. The fourth-order valence-electron chi connectivity index (χ4n) is 2.46. The molecule has 0 aliphatic carbocycles. The predicted molar refractivity (Wildman–Crippen MR) is 70.1 cm³/mol. The molecule has 0 spiro atoms. The second kappa shape index (κ2) is 4.64. The molecule has 2 aliphatic heterocycles. The lowest BCUT2D eigenvalue weighted by Crippen LogP contribution is -2.27. The fourth-order valence-corrected chi connectivity index (χ4v) is 2.46. The van der Waals surface area contributed by atoms with Crippen molar-refractivity contribution in [1.82, 2.24) is 0 Å². The monoisotopic (exact) mass is 279 g/mol. The summed E-state index contributed by atoms with van der Waals surface area (Å²) >= 11 is 0. The van der Waals surface area contributed by atoms with Crippen LogP contribution in [0.2, 0.25) is 0 Å². The van der Waals surface area contributed by atoms with Crippen molar-refractivity contribution in [2.24, 2.45) is 0 Å². The van der Waals surface area contributed by atoms with Crippen LogP contribution in [0.3, 0.4) is 0 Å². The van der Waals surface area contributed by atoms with Gasteiger partial charge in [0.15, 0.2) is 12.4 Å². The molecule has 1 amide bonds. The summed E-state index contributed by atoms with van der Waals surface area (Å²) in [6.07, 6.45) is 0.0772. The standard InChI is InChI=1S/C12H13N3O5/c16-7-1-2-14(5-7)9-3-8-11(4-10(9)15(18)19)20-6-12(17)13-8/h3-4,7,16H,1-2,5-6H2,(H,13,17). The van der Waals surface area contributed by atoms with Crippen molar-refractivity contribution in [3.8, 4) is 5.75 Å². The summed E-state index contributed by atoms with van der Waals surface area (Å²) in [4.78, 5) is 23.7. The van der Waals surface area contributed by atoms with E-state index in [4.69, 9.17) is 4.74 Å². The maximum atomic E-state index is 11.3. The van der Waals surface area contributed by atoms with Gasteiger partial charge in [-0.05, 0) is 12.5 Å². The number of anilines is 2. The molecule has 0 aromatic heterocycles. The lowest BCUT2D eigenvalue weighted by molar-refractivity contribution is -0.384. The molecule has 2 aliphatic rings. The van der Waals surface area contributed by atoms with E-state index in [0.717, 1.165) is 0 Å². The number of amides is 1. The third kappa shape index (κ3) is 2.14. The number of ether oxygens (including phenoxy) is 1. The molecule has 8 heteroatoms. The minimum Gasteiger partial charge on any atom is -0.481 e. The van der Waals surface area contributed by atoms with Crippen molar-refractivity contribution in [3.05, 3.63) is 22.2 Å². The summed E-state index contributed by atoms with van der Waals surface area (Å²) < 4.78 is 5.18. The third-order valence-corrected chi connectivity index (χ3v) is 3.41. The van der Waals surface area contributed by atoms with E-state index in [2.05, 4.69) is 5.32 Å². The highest BCUT2D eigenvalue weighted by Gasteiger charge is 2.30. The molecule has 1 atom stereocenters. The number of benzene rings is 1. The molecule has 1 unspecified atom stereocenters. The zero-order valence-corrected chi connectivity index (χ0v) is 10.5. The van der Waals surface area contributed by atoms with Crippen molar-refractivity contribution in [1.29, 1.82) is 0 Å². The number of nitro benzene ring substituents is 1. The highest BCUT2D eigenvalue weighted by atomic mass is 16.6. The SMILES string of the molecule is O=C1COc2cc([N+](=O)[O-])c(N3CCC(O)C3)cc2N1. The first kappa shape index (κ1) is 12.7. The maximum absolute atomic E-state index is 11.3. The fraction of sp³-hybridized carbons (Fsp3) is 0.417. The van der Waals surface area contributed by atoms with Crippen LogP contribution in [0, 0.1) is 10.1 Å². The molecule has 1 aromatic rings. The summed E-state index contributed by atoms with van der Waals surface area (Å²) in [6, 6.07) is 2.84. The van der Waals surface area contributed by atoms with Gasteiger partial charge in [0.2, 0.25) is 0 Å². The molecule has 0 bridgehead atoms. The van der Waals surface area contributed by atoms with Gasteiger partial charge in [0.05, 0.1) is 22.8 Å². The molecule has 0 radical (unpaired) electrons. The van der Waals surface area contributed by atoms with E-state index in [1.54, 1.807) is 4.90 Å². The Labute approximate surface area is 114 Å². The summed E-state index contributed by atoms with van der Waals surface area (Å²) in [5, 5.41) is 23.4. The van der Waals surface area contributed by atoms with Crippen LogP contribution in [-0.2, 0) is 4.79 Å². The normalized spacial score (nSPS) is 21.1. The first-order chi connectivity index (χ1) is 9.54. The second-order valence-electron chi connectivity index (χ2n) is 4.82. The van der Waals surface area contributed by atoms with E-state index in [0.29, 0.717) is 36.6 Å². The number of nitrogens with zero attached hydrogens (tertiary/aromatic N) is 2. The number of carbonyl (C=O) groups excluding carboxylic acids is 1. The molecule has 0 saturated carbocycles. The number of aliphatic hydroxyl groups is 1. The Morgan fingerprint density at radius 2 is 2.30 bits per heavy atom. The molecule has 106 valence electrons. The van der Waals surface area contributed by atoms with Gasteiger partial charge in [-0.25, -0.2) is 0 Å². The Morgan fingerprint density at radius 1 is 1.50 bits per heavy atom. The molecule has 1 fully saturated rings. The molecule has 3 rings (SSSR count). The number of aliphatic hydroxyl groups excluding tert-OH is 1. The largest absolute Gasteiger partial charge is 0.481 e. The molecular formula is C12H13N3O5. The Balaban J connectivity index is 2.04. The van der Waals surface area contributed by atoms with Gasteiger partial charge in [-0.1, -0.05) is 0 Å². The van der Waals surface area contributed by atoms with Crippen LogP contribution in [0.4, 0.5) is 17.1 Å². The Hall–Kier alpha value is -2.35. The van der Waals surface area contributed by atoms with Gasteiger partial charge in [0, 0.05) is 13.1 Å². The van der Waals surface area contributed by atoms with Crippen molar-refractivity contribution in [2.75, 3.05) is 29.9 Å². The van der Waals surface area contributed by atoms with Crippen LogP contribution in [0.1, 0.15) is 6.42 Å². The Kier molecular flexibility index (Phi) is 2.94. The van der Waals surface area contributed by atoms with Crippen LogP contribution < -0.4 is 15.0 Å². The molecule has 1 saturated heterocycles. The number of nitrogens with one attached hydrogen (secondary N) is 1. The number of carbonyl (C=O) groups is 1. The maximum Gasteiger partial charge on any atom is 0.296 e. The zero-order valence-electron chi connectivity index (χ0n) is 10.5. The van der Waals surface area contributed by atoms with Crippen molar-refractivity contribution >= 4 is 23.0 Å². The first-order valence-corrected chi connectivity index (χ1v) is 6.22.